The van der Waals surface area contributed by atoms with Crippen molar-refractivity contribution in [3.05, 3.63) is 95.6 Å². The molecule has 3 aromatic carbocycles. The van der Waals surface area contributed by atoms with Crippen molar-refractivity contribution in [1.29, 1.82) is 0 Å². The summed E-state index contributed by atoms with van der Waals surface area (Å²) in [5.41, 5.74) is 4.34. The lowest BCUT2D eigenvalue weighted by atomic mass is 9.73. The van der Waals surface area contributed by atoms with Crippen LogP contribution in [0.5, 0.6) is 5.75 Å². The van der Waals surface area contributed by atoms with Crippen LogP contribution in [0.3, 0.4) is 0 Å². The molecule has 2 atom stereocenters. The molecule has 0 bridgehead atoms. The number of anilines is 1. The molecule has 4 nitrogen and oxygen atoms in total. The first kappa shape index (κ1) is 17.8. The minimum Gasteiger partial charge on any atom is -0.497 e. The summed E-state index contributed by atoms with van der Waals surface area (Å²) < 4.78 is 5.36. The summed E-state index contributed by atoms with van der Waals surface area (Å²) in [6.07, 6.45) is 0.416. The normalized spacial score (nSPS) is 22.6. The number of carbonyl (C=O) groups excluding carboxylic acids is 1. The second-order valence-electron chi connectivity index (χ2n) is 7.89. The third-order valence-corrected chi connectivity index (χ3v) is 6.42. The smallest absolute Gasteiger partial charge is 0.225 e. The van der Waals surface area contributed by atoms with Crippen LogP contribution in [0.15, 0.2) is 78.9 Å². The van der Waals surface area contributed by atoms with E-state index in [1.807, 2.05) is 35.2 Å². The van der Waals surface area contributed by atoms with Gasteiger partial charge in [-0.05, 0) is 34.9 Å². The number of hydrogen-bond donors (Lipinski definition) is 0. The standard InChI is InChI=1S/C25H24N2O2/c1-26-22-11-7-6-10-21(22)25(19-12-14-20(29-2)15-13-19)16-23(28)27(24(25)26)17-18-8-4-3-5-9-18/h3-15,24H,16-17H2,1-2H3/t24-,25+/m1/s1. The summed E-state index contributed by atoms with van der Waals surface area (Å²) >= 11 is 0. The van der Waals surface area contributed by atoms with Gasteiger partial charge >= 0.3 is 0 Å². The summed E-state index contributed by atoms with van der Waals surface area (Å²) in [6.45, 7) is 0.612. The first-order chi connectivity index (χ1) is 14.1. The molecular formula is C25H24N2O2. The number of carbonyl (C=O) groups is 1. The van der Waals surface area contributed by atoms with E-state index in [9.17, 15) is 4.79 Å². The van der Waals surface area contributed by atoms with Crippen molar-refractivity contribution in [1.82, 2.24) is 4.90 Å². The van der Waals surface area contributed by atoms with Crippen LogP contribution in [0.25, 0.3) is 0 Å². The summed E-state index contributed by atoms with van der Waals surface area (Å²) in [7, 11) is 3.78. The van der Waals surface area contributed by atoms with E-state index >= 15 is 0 Å². The molecule has 1 fully saturated rings. The average molecular weight is 384 g/mol. The quantitative estimate of drug-likeness (QED) is 0.676. The van der Waals surface area contributed by atoms with E-state index in [-0.39, 0.29) is 17.5 Å². The molecule has 146 valence electrons. The molecule has 0 saturated carbocycles. The highest BCUT2D eigenvalue weighted by Gasteiger charge is 2.60. The highest BCUT2D eigenvalue weighted by atomic mass is 16.5. The molecular weight excluding hydrogens is 360 g/mol. The zero-order valence-electron chi connectivity index (χ0n) is 16.7. The molecule has 5 rings (SSSR count). The van der Waals surface area contributed by atoms with Crippen molar-refractivity contribution >= 4 is 11.6 Å². The van der Waals surface area contributed by atoms with Crippen LogP contribution in [-0.2, 0) is 16.8 Å². The molecule has 29 heavy (non-hydrogen) atoms. The third-order valence-electron chi connectivity index (χ3n) is 6.42. The molecule has 2 heterocycles. The van der Waals surface area contributed by atoms with E-state index in [1.165, 1.54) is 11.3 Å². The SMILES string of the molecule is COc1ccc([C@]23CC(=O)N(Cc4ccccc4)[C@H]2N(C)c2ccccc23)cc1. The number of likely N-dealkylation sites (N-methyl/N-ethyl adjacent to an activating group) is 1. The lowest BCUT2D eigenvalue weighted by Gasteiger charge is -2.36. The van der Waals surface area contributed by atoms with Gasteiger partial charge in [-0.2, -0.15) is 0 Å². The number of likely N-dealkylation sites (tertiary alicyclic amines) is 1. The van der Waals surface area contributed by atoms with Gasteiger partial charge in [-0.3, -0.25) is 4.79 Å². The largest absolute Gasteiger partial charge is 0.497 e. The van der Waals surface area contributed by atoms with E-state index < -0.39 is 0 Å². The second kappa shape index (κ2) is 6.66. The van der Waals surface area contributed by atoms with E-state index in [4.69, 9.17) is 4.74 Å². The maximum atomic E-state index is 13.3. The lowest BCUT2D eigenvalue weighted by molar-refractivity contribution is -0.129. The summed E-state index contributed by atoms with van der Waals surface area (Å²) in [4.78, 5) is 17.6. The number of fused-ring (bicyclic) bond motifs is 3. The fourth-order valence-electron chi connectivity index (χ4n) is 5.15. The number of benzene rings is 3. The molecule has 2 aliphatic rings. The molecule has 0 unspecified atom stereocenters. The molecule has 4 heteroatoms. The summed E-state index contributed by atoms with van der Waals surface area (Å²) in [6, 6.07) is 26.9. The van der Waals surface area contributed by atoms with Crippen LogP contribution in [-0.4, -0.2) is 31.1 Å². The first-order valence-electron chi connectivity index (χ1n) is 9.95. The molecule has 1 amide bonds. The number of methoxy groups -OCH3 is 1. The number of ether oxygens (including phenoxy) is 1. The van der Waals surface area contributed by atoms with E-state index in [0.717, 1.165) is 16.9 Å². The molecule has 0 aliphatic carbocycles. The van der Waals surface area contributed by atoms with Gasteiger partial charge in [-0.15, -0.1) is 0 Å². The van der Waals surface area contributed by atoms with Gasteiger partial charge in [0.15, 0.2) is 0 Å². The van der Waals surface area contributed by atoms with Crippen molar-refractivity contribution in [3.8, 4) is 5.75 Å². The van der Waals surface area contributed by atoms with E-state index in [2.05, 4.69) is 60.5 Å². The van der Waals surface area contributed by atoms with Crippen molar-refractivity contribution in [2.24, 2.45) is 0 Å². The summed E-state index contributed by atoms with van der Waals surface area (Å²) in [5.74, 6) is 1.02. The molecule has 0 radical (unpaired) electrons. The van der Waals surface area contributed by atoms with Gasteiger partial charge in [-0.1, -0.05) is 60.7 Å². The zero-order chi connectivity index (χ0) is 20.0. The number of nitrogens with zero attached hydrogens (tertiary/aromatic N) is 2. The molecule has 1 saturated heterocycles. The van der Waals surface area contributed by atoms with Crippen molar-refractivity contribution in [2.75, 3.05) is 19.1 Å². The molecule has 0 spiro atoms. The number of rotatable bonds is 4. The Kier molecular flexibility index (Phi) is 4.09. The fraction of sp³-hybridized carbons (Fsp3) is 0.240. The van der Waals surface area contributed by atoms with Crippen LogP contribution in [0, 0.1) is 0 Å². The predicted octanol–water partition coefficient (Wildman–Crippen LogP) is 4.19. The van der Waals surface area contributed by atoms with E-state index in [1.54, 1.807) is 7.11 Å². The monoisotopic (exact) mass is 384 g/mol. The Morgan fingerprint density at radius 2 is 1.66 bits per heavy atom. The molecule has 3 aromatic rings. The Hall–Kier alpha value is -3.27. The maximum absolute atomic E-state index is 13.3. The van der Waals surface area contributed by atoms with Gasteiger partial charge in [0, 0.05) is 25.7 Å². The number of para-hydroxylation sites is 1. The van der Waals surface area contributed by atoms with Crippen molar-refractivity contribution in [2.45, 2.75) is 24.5 Å². The predicted molar refractivity (Wildman–Crippen MR) is 114 cm³/mol. The summed E-state index contributed by atoms with van der Waals surface area (Å²) in [5, 5.41) is 0. The molecule has 0 aromatic heterocycles. The second-order valence-corrected chi connectivity index (χ2v) is 7.89. The van der Waals surface area contributed by atoms with Gasteiger partial charge in [0.05, 0.1) is 12.5 Å². The lowest BCUT2D eigenvalue weighted by Crippen LogP contribution is -2.49. The van der Waals surface area contributed by atoms with Gasteiger partial charge in [-0.25, -0.2) is 0 Å². The van der Waals surface area contributed by atoms with Crippen LogP contribution in [0.2, 0.25) is 0 Å². The van der Waals surface area contributed by atoms with Gasteiger partial charge < -0.3 is 14.5 Å². The van der Waals surface area contributed by atoms with Crippen LogP contribution in [0.4, 0.5) is 5.69 Å². The number of hydrogen-bond acceptors (Lipinski definition) is 3. The van der Waals surface area contributed by atoms with Gasteiger partial charge in [0.1, 0.15) is 11.9 Å². The van der Waals surface area contributed by atoms with Crippen molar-refractivity contribution in [3.63, 3.8) is 0 Å². The molecule has 0 N–H and O–H groups in total. The first-order valence-corrected chi connectivity index (χ1v) is 9.95. The number of amides is 1. The Bertz CT molecular complexity index is 1050. The Morgan fingerprint density at radius 3 is 2.38 bits per heavy atom. The van der Waals surface area contributed by atoms with Crippen LogP contribution >= 0.6 is 0 Å². The maximum Gasteiger partial charge on any atom is 0.225 e. The Morgan fingerprint density at radius 1 is 0.966 bits per heavy atom. The average Bonchev–Trinajstić information content (AvgIpc) is 3.19. The van der Waals surface area contributed by atoms with Crippen molar-refractivity contribution < 1.29 is 9.53 Å². The molecule has 2 aliphatic heterocycles. The fourth-order valence-corrected chi connectivity index (χ4v) is 5.15. The highest BCUT2D eigenvalue weighted by Crippen LogP contribution is 2.55. The zero-order valence-corrected chi connectivity index (χ0v) is 16.7. The minimum atomic E-state index is -0.385. The Balaban J connectivity index is 1.66. The van der Waals surface area contributed by atoms with Crippen LogP contribution < -0.4 is 9.64 Å². The van der Waals surface area contributed by atoms with Gasteiger partial charge in [0.2, 0.25) is 5.91 Å². The third kappa shape index (κ3) is 2.55. The minimum absolute atomic E-state index is 0.0546. The van der Waals surface area contributed by atoms with E-state index in [0.29, 0.717) is 13.0 Å². The van der Waals surface area contributed by atoms with Crippen LogP contribution in [0.1, 0.15) is 23.1 Å². The van der Waals surface area contributed by atoms with Gasteiger partial charge in [0.25, 0.3) is 0 Å². The topological polar surface area (TPSA) is 32.8 Å². The Labute approximate surface area is 171 Å². The highest BCUT2D eigenvalue weighted by molar-refractivity contribution is 5.87.